The van der Waals surface area contributed by atoms with Gasteiger partial charge in [-0.05, 0) is 60.1 Å². The molecule has 3 heteroatoms. The summed E-state index contributed by atoms with van der Waals surface area (Å²) in [6.07, 6.45) is 1.91. The summed E-state index contributed by atoms with van der Waals surface area (Å²) in [4.78, 5) is 0. The quantitative estimate of drug-likeness (QED) is 0.861. The highest BCUT2D eigenvalue weighted by atomic mass is 79.9. The summed E-state index contributed by atoms with van der Waals surface area (Å²) in [5.41, 5.74) is 2.88. The van der Waals surface area contributed by atoms with Gasteiger partial charge >= 0.3 is 0 Å². The van der Waals surface area contributed by atoms with Crippen LogP contribution in [0.2, 0.25) is 0 Å². The Morgan fingerprint density at radius 3 is 2.85 bits per heavy atom. The Labute approximate surface area is 126 Å². The molecule has 0 heterocycles. The number of aryl methyl sites for hydroxylation is 1. The predicted octanol–water partition coefficient (Wildman–Crippen LogP) is 4.43. The Kier molecular flexibility index (Phi) is 3.90. The number of aliphatic hydroxyl groups excluding tert-OH is 1. The molecule has 0 amide bonds. The number of fused-ring (bicyclic) bond motifs is 1. The molecule has 0 radical (unpaired) electrons. The highest BCUT2D eigenvalue weighted by Gasteiger charge is 2.28. The van der Waals surface area contributed by atoms with E-state index in [0.717, 1.165) is 22.9 Å². The summed E-state index contributed by atoms with van der Waals surface area (Å²) in [6.45, 7) is 0. The van der Waals surface area contributed by atoms with Gasteiger partial charge < -0.3 is 5.11 Å². The summed E-state index contributed by atoms with van der Waals surface area (Å²) in [7, 11) is 0. The first kappa shape index (κ1) is 13.8. The zero-order valence-corrected chi connectivity index (χ0v) is 12.6. The summed E-state index contributed by atoms with van der Waals surface area (Å²) in [6, 6.07) is 13.0. The van der Waals surface area contributed by atoms with Crippen molar-refractivity contribution in [3.05, 3.63) is 69.4 Å². The van der Waals surface area contributed by atoms with Crippen molar-refractivity contribution in [3.8, 4) is 0 Å². The molecule has 2 atom stereocenters. The Morgan fingerprint density at radius 1 is 1.20 bits per heavy atom. The number of hydrogen-bond acceptors (Lipinski definition) is 1. The maximum atomic E-state index is 13.8. The Hall–Kier alpha value is -1.19. The number of rotatable bonds is 2. The van der Waals surface area contributed by atoms with Crippen molar-refractivity contribution < 1.29 is 9.50 Å². The van der Waals surface area contributed by atoms with E-state index in [-0.39, 0.29) is 11.7 Å². The fourth-order valence-corrected chi connectivity index (χ4v) is 3.41. The molecule has 104 valence electrons. The lowest BCUT2D eigenvalue weighted by Crippen LogP contribution is -2.22. The van der Waals surface area contributed by atoms with E-state index in [0.29, 0.717) is 12.0 Å². The maximum absolute atomic E-state index is 13.8. The van der Waals surface area contributed by atoms with E-state index in [2.05, 4.69) is 22.0 Å². The molecule has 1 N–H and O–H groups in total. The van der Waals surface area contributed by atoms with Crippen molar-refractivity contribution in [1.82, 2.24) is 0 Å². The largest absolute Gasteiger partial charge is 0.388 e. The molecular formula is C17H16BrFO. The van der Waals surface area contributed by atoms with Crippen molar-refractivity contribution in [3.63, 3.8) is 0 Å². The Balaban J connectivity index is 1.84. The van der Waals surface area contributed by atoms with E-state index in [9.17, 15) is 9.50 Å². The van der Waals surface area contributed by atoms with Gasteiger partial charge in [0.15, 0.2) is 0 Å². The summed E-state index contributed by atoms with van der Waals surface area (Å²) >= 11 is 3.37. The van der Waals surface area contributed by atoms with Gasteiger partial charge in [-0.3, -0.25) is 0 Å². The van der Waals surface area contributed by atoms with Crippen LogP contribution in [0.5, 0.6) is 0 Å². The lowest BCUT2D eigenvalue weighted by molar-refractivity contribution is 0.0932. The maximum Gasteiger partial charge on any atom is 0.126 e. The van der Waals surface area contributed by atoms with E-state index in [1.165, 1.54) is 11.6 Å². The summed E-state index contributed by atoms with van der Waals surface area (Å²) in [5.74, 6) is -0.118. The van der Waals surface area contributed by atoms with Gasteiger partial charge in [-0.15, -0.1) is 0 Å². The zero-order chi connectivity index (χ0) is 14.1. The van der Waals surface area contributed by atoms with Crippen LogP contribution < -0.4 is 0 Å². The zero-order valence-electron chi connectivity index (χ0n) is 11.0. The third-order valence-corrected chi connectivity index (χ3v) is 4.59. The molecule has 20 heavy (non-hydrogen) atoms. The van der Waals surface area contributed by atoms with Crippen molar-refractivity contribution in [2.24, 2.45) is 5.92 Å². The monoisotopic (exact) mass is 334 g/mol. The van der Waals surface area contributed by atoms with Crippen LogP contribution in [0.1, 0.15) is 29.2 Å². The van der Waals surface area contributed by atoms with Crippen LogP contribution in [0.3, 0.4) is 0 Å². The number of benzene rings is 2. The first-order valence-electron chi connectivity index (χ1n) is 6.85. The average Bonchev–Trinajstić information content (AvgIpc) is 2.46. The SMILES string of the molecule is OC1c2ccccc2CCC1Cc1cc(Br)ccc1F. The van der Waals surface area contributed by atoms with E-state index in [1.807, 2.05) is 24.3 Å². The van der Waals surface area contributed by atoms with Gasteiger partial charge in [-0.25, -0.2) is 4.39 Å². The Morgan fingerprint density at radius 2 is 2.00 bits per heavy atom. The molecule has 1 aliphatic rings. The van der Waals surface area contributed by atoms with Gasteiger partial charge in [0.1, 0.15) is 5.82 Å². The fourth-order valence-electron chi connectivity index (χ4n) is 3.00. The first-order valence-corrected chi connectivity index (χ1v) is 7.64. The second kappa shape index (κ2) is 5.66. The second-order valence-electron chi connectivity index (χ2n) is 5.38. The molecule has 1 aliphatic carbocycles. The van der Waals surface area contributed by atoms with Gasteiger partial charge in [0, 0.05) is 4.47 Å². The second-order valence-corrected chi connectivity index (χ2v) is 6.30. The molecule has 1 nitrogen and oxygen atoms in total. The molecule has 0 saturated carbocycles. The van der Waals surface area contributed by atoms with Crippen LogP contribution in [0.4, 0.5) is 4.39 Å². The molecule has 0 fully saturated rings. The van der Waals surface area contributed by atoms with E-state index < -0.39 is 6.10 Å². The topological polar surface area (TPSA) is 20.2 Å². The number of aliphatic hydroxyl groups is 1. The fraction of sp³-hybridized carbons (Fsp3) is 0.294. The minimum absolute atomic E-state index is 0.0775. The first-order chi connectivity index (χ1) is 9.65. The summed E-state index contributed by atoms with van der Waals surface area (Å²) in [5, 5.41) is 10.5. The molecule has 0 aliphatic heterocycles. The van der Waals surface area contributed by atoms with Gasteiger partial charge in [0.05, 0.1) is 6.10 Å². The molecule has 0 aromatic heterocycles. The molecular weight excluding hydrogens is 319 g/mol. The standard InChI is InChI=1S/C17H16BrFO/c18-14-7-8-16(19)13(10-14)9-12-6-5-11-3-1-2-4-15(11)17(12)20/h1-4,7-8,10,12,17,20H,5-6,9H2. The molecule has 2 unspecified atom stereocenters. The number of halogens is 2. The average molecular weight is 335 g/mol. The van der Waals surface area contributed by atoms with Gasteiger partial charge in [0.25, 0.3) is 0 Å². The molecule has 0 saturated heterocycles. The van der Waals surface area contributed by atoms with Crippen LogP contribution in [0.15, 0.2) is 46.9 Å². The molecule has 2 aromatic carbocycles. The third-order valence-electron chi connectivity index (χ3n) is 4.09. The van der Waals surface area contributed by atoms with Crippen LogP contribution in [0, 0.1) is 11.7 Å². The van der Waals surface area contributed by atoms with E-state index in [1.54, 1.807) is 6.07 Å². The normalized spacial score (nSPS) is 21.6. The van der Waals surface area contributed by atoms with E-state index >= 15 is 0 Å². The van der Waals surface area contributed by atoms with Gasteiger partial charge in [-0.1, -0.05) is 40.2 Å². The van der Waals surface area contributed by atoms with Crippen molar-refractivity contribution in [2.45, 2.75) is 25.4 Å². The summed E-state index contributed by atoms with van der Waals surface area (Å²) < 4.78 is 14.7. The van der Waals surface area contributed by atoms with Crippen LogP contribution in [0.25, 0.3) is 0 Å². The third kappa shape index (κ3) is 2.65. The lowest BCUT2D eigenvalue weighted by Gasteiger charge is -2.30. The van der Waals surface area contributed by atoms with Crippen molar-refractivity contribution in [2.75, 3.05) is 0 Å². The van der Waals surface area contributed by atoms with Crippen LogP contribution in [-0.4, -0.2) is 5.11 Å². The smallest absolute Gasteiger partial charge is 0.126 e. The van der Waals surface area contributed by atoms with Gasteiger partial charge in [-0.2, -0.15) is 0 Å². The van der Waals surface area contributed by atoms with Crippen molar-refractivity contribution in [1.29, 1.82) is 0 Å². The van der Waals surface area contributed by atoms with Gasteiger partial charge in [0.2, 0.25) is 0 Å². The molecule has 0 spiro atoms. The van der Waals surface area contributed by atoms with E-state index in [4.69, 9.17) is 0 Å². The van der Waals surface area contributed by atoms with Crippen molar-refractivity contribution >= 4 is 15.9 Å². The highest BCUT2D eigenvalue weighted by Crippen LogP contribution is 2.36. The lowest BCUT2D eigenvalue weighted by atomic mass is 9.78. The minimum Gasteiger partial charge on any atom is -0.388 e. The van der Waals surface area contributed by atoms with Crippen LogP contribution in [-0.2, 0) is 12.8 Å². The van der Waals surface area contributed by atoms with Crippen LogP contribution >= 0.6 is 15.9 Å². The Bertz CT molecular complexity index is 626. The number of hydrogen-bond donors (Lipinski definition) is 1. The molecule has 2 aromatic rings. The highest BCUT2D eigenvalue weighted by molar-refractivity contribution is 9.10. The molecule has 0 bridgehead atoms. The minimum atomic E-state index is -0.502. The predicted molar refractivity (Wildman–Crippen MR) is 81.0 cm³/mol. The molecule has 3 rings (SSSR count).